The highest BCUT2D eigenvalue weighted by Gasteiger charge is 2.27. The van der Waals surface area contributed by atoms with E-state index in [-0.39, 0.29) is 49.2 Å². The van der Waals surface area contributed by atoms with Gasteiger partial charge in [0.05, 0.1) is 0 Å². The second kappa shape index (κ2) is 10.3. The molecule has 0 bridgehead atoms. The van der Waals surface area contributed by atoms with Crippen LogP contribution in [0.15, 0.2) is 30.3 Å². The number of primary amides is 1. The molecular formula is C17H26ClN3O3. The maximum Gasteiger partial charge on any atom is 0.222 e. The van der Waals surface area contributed by atoms with Crippen molar-refractivity contribution in [3.8, 4) is 0 Å². The monoisotopic (exact) mass is 355 g/mol. The number of carbonyl (C=O) groups excluding carboxylic acids is 2. The number of amides is 2. The van der Waals surface area contributed by atoms with Crippen LogP contribution in [0.4, 0.5) is 0 Å². The summed E-state index contributed by atoms with van der Waals surface area (Å²) >= 11 is 0. The molecule has 1 saturated heterocycles. The second-order valence-corrected chi connectivity index (χ2v) is 6.02. The van der Waals surface area contributed by atoms with E-state index in [4.69, 9.17) is 16.2 Å². The summed E-state index contributed by atoms with van der Waals surface area (Å²) in [7, 11) is 0. The number of nitrogens with one attached hydrogen (secondary N) is 1. The molecule has 1 aromatic carbocycles. The Morgan fingerprint density at radius 2 is 1.79 bits per heavy atom. The van der Waals surface area contributed by atoms with Crippen molar-refractivity contribution >= 4 is 24.2 Å². The molecule has 0 spiro atoms. The molecule has 1 aliphatic heterocycles. The van der Waals surface area contributed by atoms with Crippen molar-refractivity contribution in [2.45, 2.75) is 37.8 Å². The Kier molecular flexibility index (Phi) is 8.74. The van der Waals surface area contributed by atoms with E-state index in [0.717, 1.165) is 18.4 Å². The van der Waals surface area contributed by atoms with Crippen LogP contribution in [0.25, 0.3) is 0 Å². The van der Waals surface area contributed by atoms with Crippen molar-refractivity contribution in [1.82, 2.24) is 5.32 Å². The fraction of sp³-hybridized carbons (Fsp3) is 0.529. The molecule has 1 aliphatic rings. The van der Waals surface area contributed by atoms with E-state index in [1.807, 2.05) is 30.3 Å². The number of hydrogen-bond donors (Lipinski definition) is 3. The van der Waals surface area contributed by atoms with Crippen LogP contribution in [-0.4, -0.2) is 31.1 Å². The lowest BCUT2D eigenvalue weighted by Crippen LogP contribution is -2.45. The first-order chi connectivity index (χ1) is 11.1. The molecule has 2 unspecified atom stereocenters. The third-order valence-electron chi connectivity index (χ3n) is 4.24. The molecule has 1 heterocycles. The third-order valence-corrected chi connectivity index (χ3v) is 4.24. The highest BCUT2D eigenvalue weighted by atomic mass is 35.5. The van der Waals surface area contributed by atoms with Gasteiger partial charge >= 0.3 is 0 Å². The molecule has 7 heteroatoms. The number of carbonyl (C=O) groups is 2. The minimum atomic E-state index is -0.408. The van der Waals surface area contributed by atoms with Gasteiger partial charge in [0.15, 0.2) is 0 Å². The van der Waals surface area contributed by atoms with Gasteiger partial charge in [-0.1, -0.05) is 30.3 Å². The molecular weight excluding hydrogens is 330 g/mol. The first-order valence-corrected chi connectivity index (χ1v) is 8.02. The van der Waals surface area contributed by atoms with Gasteiger partial charge in [-0.15, -0.1) is 12.4 Å². The zero-order chi connectivity index (χ0) is 16.7. The lowest BCUT2D eigenvalue weighted by atomic mass is 9.89. The molecule has 0 aliphatic carbocycles. The topological polar surface area (TPSA) is 107 Å². The maximum absolute atomic E-state index is 12.3. The molecule has 0 aromatic heterocycles. The van der Waals surface area contributed by atoms with Crippen LogP contribution in [0.5, 0.6) is 0 Å². The summed E-state index contributed by atoms with van der Waals surface area (Å²) < 4.78 is 5.33. The highest BCUT2D eigenvalue weighted by molar-refractivity contribution is 5.85. The van der Waals surface area contributed by atoms with E-state index in [0.29, 0.717) is 13.2 Å². The average molecular weight is 356 g/mol. The highest BCUT2D eigenvalue weighted by Crippen LogP contribution is 2.21. The Morgan fingerprint density at radius 3 is 2.38 bits per heavy atom. The molecule has 0 saturated carbocycles. The summed E-state index contributed by atoms with van der Waals surface area (Å²) in [5.74, 6) is -0.346. The molecule has 2 atom stereocenters. The minimum absolute atomic E-state index is 0. The van der Waals surface area contributed by atoms with Gasteiger partial charge in [0, 0.05) is 38.1 Å². The van der Waals surface area contributed by atoms with Crippen LogP contribution in [0.2, 0.25) is 0 Å². The van der Waals surface area contributed by atoms with Crippen LogP contribution in [0.3, 0.4) is 0 Å². The summed E-state index contributed by atoms with van der Waals surface area (Å²) in [5, 5.41) is 2.94. The van der Waals surface area contributed by atoms with E-state index >= 15 is 0 Å². The summed E-state index contributed by atoms with van der Waals surface area (Å²) in [5.41, 5.74) is 12.3. The summed E-state index contributed by atoms with van der Waals surface area (Å²) in [6, 6.07) is 8.89. The van der Waals surface area contributed by atoms with Gasteiger partial charge in [-0.2, -0.15) is 0 Å². The molecule has 1 aromatic rings. The SMILES string of the molecule is Cl.NC(=O)CC(NC(=O)CC(N)c1ccccc1)C1CCOCC1. The van der Waals surface area contributed by atoms with Crippen molar-refractivity contribution in [3.05, 3.63) is 35.9 Å². The largest absolute Gasteiger partial charge is 0.381 e. The number of rotatable bonds is 7. The Morgan fingerprint density at radius 1 is 1.17 bits per heavy atom. The van der Waals surface area contributed by atoms with E-state index in [1.54, 1.807) is 0 Å². The molecule has 2 amide bonds. The predicted octanol–water partition coefficient (Wildman–Crippen LogP) is 1.29. The number of hydrogen-bond acceptors (Lipinski definition) is 4. The predicted molar refractivity (Wildman–Crippen MR) is 94.5 cm³/mol. The van der Waals surface area contributed by atoms with E-state index in [1.165, 1.54) is 0 Å². The normalized spacial score (nSPS) is 17.4. The lowest BCUT2D eigenvalue weighted by Gasteiger charge is -2.30. The first kappa shape index (κ1) is 20.4. The Labute approximate surface area is 148 Å². The van der Waals surface area contributed by atoms with Gasteiger partial charge in [0.25, 0.3) is 0 Å². The molecule has 2 rings (SSSR count). The van der Waals surface area contributed by atoms with Crippen molar-refractivity contribution in [3.63, 3.8) is 0 Å². The van der Waals surface area contributed by atoms with Crippen molar-refractivity contribution in [2.75, 3.05) is 13.2 Å². The molecule has 5 N–H and O–H groups in total. The van der Waals surface area contributed by atoms with E-state index < -0.39 is 5.91 Å². The van der Waals surface area contributed by atoms with Crippen molar-refractivity contribution in [1.29, 1.82) is 0 Å². The molecule has 24 heavy (non-hydrogen) atoms. The molecule has 1 fully saturated rings. The molecule has 134 valence electrons. The number of ether oxygens (including phenoxy) is 1. The average Bonchev–Trinajstić information content (AvgIpc) is 2.55. The van der Waals surface area contributed by atoms with Crippen molar-refractivity contribution in [2.24, 2.45) is 17.4 Å². The van der Waals surface area contributed by atoms with Gasteiger partial charge in [0.2, 0.25) is 11.8 Å². The van der Waals surface area contributed by atoms with Crippen LogP contribution in [-0.2, 0) is 14.3 Å². The smallest absolute Gasteiger partial charge is 0.222 e. The van der Waals surface area contributed by atoms with Gasteiger partial charge in [-0.25, -0.2) is 0 Å². The second-order valence-electron chi connectivity index (χ2n) is 6.02. The van der Waals surface area contributed by atoms with Crippen LogP contribution >= 0.6 is 12.4 Å². The van der Waals surface area contributed by atoms with Crippen LogP contribution in [0.1, 0.15) is 37.3 Å². The third kappa shape index (κ3) is 6.47. The van der Waals surface area contributed by atoms with Crippen LogP contribution in [0, 0.1) is 5.92 Å². The first-order valence-electron chi connectivity index (χ1n) is 8.02. The maximum atomic E-state index is 12.3. The lowest BCUT2D eigenvalue weighted by molar-refractivity contribution is -0.124. The van der Waals surface area contributed by atoms with Crippen molar-refractivity contribution < 1.29 is 14.3 Å². The zero-order valence-corrected chi connectivity index (χ0v) is 14.5. The van der Waals surface area contributed by atoms with Gasteiger partial charge in [-0.3, -0.25) is 9.59 Å². The standard InChI is InChI=1S/C17H25N3O3.ClH/c18-14(12-4-2-1-3-5-12)10-17(22)20-15(11-16(19)21)13-6-8-23-9-7-13;/h1-5,13-15H,6-11,18H2,(H2,19,21)(H,20,22);1H. The number of nitrogens with two attached hydrogens (primary N) is 2. The number of benzene rings is 1. The van der Waals surface area contributed by atoms with Gasteiger partial charge in [-0.05, 0) is 24.3 Å². The summed E-state index contributed by atoms with van der Waals surface area (Å²) in [6.07, 6.45) is 1.98. The Bertz CT molecular complexity index is 521. The molecule has 0 radical (unpaired) electrons. The number of halogens is 1. The Balaban J connectivity index is 0.00000288. The Hall–Kier alpha value is -1.63. The van der Waals surface area contributed by atoms with Gasteiger partial charge < -0.3 is 21.5 Å². The summed E-state index contributed by atoms with van der Waals surface area (Å²) in [4.78, 5) is 23.6. The summed E-state index contributed by atoms with van der Waals surface area (Å²) in [6.45, 7) is 1.30. The quantitative estimate of drug-likeness (QED) is 0.684. The van der Waals surface area contributed by atoms with E-state index in [9.17, 15) is 9.59 Å². The van der Waals surface area contributed by atoms with Gasteiger partial charge in [0.1, 0.15) is 0 Å². The fourth-order valence-corrected chi connectivity index (χ4v) is 2.95. The fourth-order valence-electron chi connectivity index (χ4n) is 2.95. The zero-order valence-electron chi connectivity index (χ0n) is 13.6. The molecule has 6 nitrogen and oxygen atoms in total. The van der Waals surface area contributed by atoms with Crippen LogP contribution < -0.4 is 16.8 Å². The van der Waals surface area contributed by atoms with E-state index in [2.05, 4.69) is 5.32 Å². The minimum Gasteiger partial charge on any atom is -0.381 e.